The van der Waals surface area contributed by atoms with E-state index in [9.17, 15) is 9.90 Å². The monoisotopic (exact) mass is 323 g/mol. The zero-order valence-corrected chi connectivity index (χ0v) is 13.1. The van der Waals surface area contributed by atoms with Crippen molar-refractivity contribution in [1.82, 2.24) is 10.3 Å². The van der Waals surface area contributed by atoms with Crippen LogP contribution in [0, 0.1) is 5.92 Å². The molecule has 0 aliphatic carbocycles. The quantitative estimate of drug-likeness (QED) is 0.802. The number of carbonyl (C=O) groups excluding carboxylic acids is 1. The van der Waals surface area contributed by atoms with Crippen LogP contribution in [-0.4, -0.2) is 35.6 Å². The number of amides is 2. The third-order valence-corrected chi connectivity index (χ3v) is 4.35. The molecule has 118 valence electrons. The SMILES string of the molecule is CC(C)[C@@H](CO)NC(=O)Nc1nc2cc3c(cc2s1)OCO3. The Morgan fingerprint density at radius 2 is 2.14 bits per heavy atom. The second kappa shape index (κ2) is 5.98. The van der Waals surface area contributed by atoms with Crippen LogP contribution >= 0.6 is 11.3 Å². The van der Waals surface area contributed by atoms with Crippen molar-refractivity contribution in [3.63, 3.8) is 0 Å². The largest absolute Gasteiger partial charge is 0.454 e. The fourth-order valence-electron chi connectivity index (χ4n) is 2.10. The van der Waals surface area contributed by atoms with E-state index in [0.29, 0.717) is 16.6 Å². The van der Waals surface area contributed by atoms with Gasteiger partial charge in [-0.05, 0) is 5.92 Å². The van der Waals surface area contributed by atoms with E-state index in [4.69, 9.17) is 9.47 Å². The van der Waals surface area contributed by atoms with Crippen molar-refractivity contribution in [2.45, 2.75) is 19.9 Å². The molecule has 3 rings (SSSR count). The Balaban J connectivity index is 1.73. The number of hydrogen-bond donors (Lipinski definition) is 3. The molecule has 0 saturated carbocycles. The van der Waals surface area contributed by atoms with E-state index in [1.165, 1.54) is 11.3 Å². The zero-order chi connectivity index (χ0) is 15.7. The standard InChI is InChI=1S/C14H17N3O4S/c1-7(2)9(5-18)15-13(19)17-14-16-8-3-10-11(21-6-20-10)4-12(8)22-14/h3-4,7,9,18H,5-6H2,1-2H3,(H2,15,16,17,19)/t9-/m1/s1. The maximum Gasteiger partial charge on any atom is 0.321 e. The predicted octanol–water partition coefficient (Wildman–Crippen LogP) is 2.16. The highest BCUT2D eigenvalue weighted by Crippen LogP contribution is 2.38. The summed E-state index contributed by atoms with van der Waals surface area (Å²) in [7, 11) is 0. The first-order valence-electron chi connectivity index (χ1n) is 6.95. The molecule has 1 aromatic heterocycles. The Labute approximate surface area is 131 Å². The molecule has 0 unspecified atom stereocenters. The first-order valence-corrected chi connectivity index (χ1v) is 7.77. The van der Waals surface area contributed by atoms with Crippen molar-refractivity contribution in [1.29, 1.82) is 0 Å². The molecule has 2 aromatic rings. The van der Waals surface area contributed by atoms with Gasteiger partial charge in [0.05, 0.1) is 22.9 Å². The number of carbonyl (C=O) groups is 1. The number of thiazole rings is 1. The number of hydrogen-bond acceptors (Lipinski definition) is 6. The van der Waals surface area contributed by atoms with Crippen LogP contribution in [0.3, 0.4) is 0 Å². The number of aliphatic hydroxyl groups excluding tert-OH is 1. The van der Waals surface area contributed by atoms with Gasteiger partial charge in [0, 0.05) is 12.1 Å². The highest BCUT2D eigenvalue weighted by atomic mass is 32.1. The molecule has 22 heavy (non-hydrogen) atoms. The Hall–Kier alpha value is -2.06. The molecule has 1 aliphatic rings. The second-order valence-electron chi connectivity index (χ2n) is 5.32. The first kappa shape index (κ1) is 14.9. The molecule has 0 fully saturated rings. The molecule has 1 atom stereocenters. The summed E-state index contributed by atoms with van der Waals surface area (Å²) in [5.74, 6) is 1.49. The molecule has 8 heteroatoms. The lowest BCUT2D eigenvalue weighted by molar-refractivity contribution is 0.174. The summed E-state index contributed by atoms with van der Waals surface area (Å²) in [6.45, 7) is 3.98. The smallest absolute Gasteiger partial charge is 0.321 e. The summed E-state index contributed by atoms with van der Waals surface area (Å²) in [6, 6.07) is 2.97. The summed E-state index contributed by atoms with van der Waals surface area (Å²) in [5.41, 5.74) is 0.743. The van der Waals surface area contributed by atoms with Crippen LogP contribution in [0.25, 0.3) is 10.2 Å². The van der Waals surface area contributed by atoms with Crippen molar-refractivity contribution in [2.75, 3.05) is 18.7 Å². The number of nitrogens with zero attached hydrogens (tertiary/aromatic N) is 1. The Morgan fingerprint density at radius 3 is 2.82 bits per heavy atom. The maximum absolute atomic E-state index is 11.9. The fraction of sp³-hybridized carbons (Fsp3) is 0.429. The van der Waals surface area contributed by atoms with E-state index >= 15 is 0 Å². The number of urea groups is 1. The minimum atomic E-state index is -0.383. The lowest BCUT2D eigenvalue weighted by Crippen LogP contribution is -2.43. The summed E-state index contributed by atoms with van der Waals surface area (Å²) in [6.07, 6.45) is 0. The Bertz CT molecular complexity index is 660. The fourth-order valence-corrected chi connectivity index (χ4v) is 2.97. The van der Waals surface area contributed by atoms with Gasteiger partial charge in [0.1, 0.15) is 0 Å². The number of nitrogens with one attached hydrogen (secondary N) is 2. The van der Waals surface area contributed by atoms with Gasteiger partial charge >= 0.3 is 6.03 Å². The lowest BCUT2D eigenvalue weighted by atomic mass is 10.1. The van der Waals surface area contributed by atoms with Crippen molar-refractivity contribution in [3.8, 4) is 11.5 Å². The maximum atomic E-state index is 11.9. The van der Waals surface area contributed by atoms with Gasteiger partial charge in [-0.2, -0.15) is 0 Å². The van der Waals surface area contributed by atoms with Crippen LogP contribution in [0.5, 0.6) is 11.5 Å². The van der Waals surface area contributed by atoms with Gasteiger partial charge in [0.15, 0.2) is 16.6 Å². The average molecular weight is 323 g/mol. The molecule has 2 amide bonds. The van der Waals surface area contributed by atoms with Crippen molar-refractivity contribution in [3.05, 3.63) is 12.1 Å². The van der Waals surface area contributed by atoms with Crippen molar-refractivity contribution in [2.24, 2.45) is 5.92 Å². The van der Waals surface area contributed by atoms with E-state index < -0.39 is 0 Å². The minimum Gasteiger partial charge on any atom is -0.454 e. The molecule has 1 aliphatic heterocycles. The highest BCUT2D eigenvalue weighted by molar-refractivity contribution is 7.22. The van der Waals surface area contributed by atoms with Crippen molar-refractivity contribution < 1.29 is 19.4 Å². The van der Waals surface area contributed by atoms with E-state index in [2.05, 4.69) is 15.6 Å². The van der Waals surface area contributed by atoms with Gasteiger partial charge in [-0.25, -0.2) is 9.78 Å². The number of anilines is 1. The van der Waals surface area contributed by atoms with Gasteiger partial charge in [0.2, 0.25) is 6.79 Å². The predicted molar refractivity (Wildman–Crippen MR) is 83.6 cm³/mol. The van der Waals surface area contributed by atoms with Gasteiger partial charge < -0.3 is 19.9 Å². The Morgan fingerprint density at radius 1 is 1.41 bits per heavy atom. The average Bonchev–Trinajstić information content (AvgIpc) is 3.06. The number of ether oxygens (including phenoxy) is 2. The third kappa shape index (κ3) is 2.93. The van der Waals surface area contributed by atoms with Crippen LogP contribution in [0.1, 0.15) is 13.8 Å². The third-order valence-electron chi connectivity index (χ3n) is 3.42. The number of aromatic nitrogens is 1. The van der Waals surface area contributed by atoms with Gasteiger partial charge in [-0.3, -0.25) is 5.32 Å². The number of aliphatic hydroxyl groups is 1. The molecular weight excluding hydrogens is 306 g/mol. The summed E-state index contributed by atoms with van der Waals surface area (Å²) in [4.78, 5) is 16.3. The molecular formula is C14H17N3O4S. The molecule has 0 bridgehead atoms. The second-order valence-corrected chi connectivity index (χ2v) is 6.35. The van der Waals surface area contributed by atoms with Crippen LogP contribution in [0.15, 0.2) is 12.1 Å². The minimum absolute atomic E-state index is 0.105. The molecule has 0 radical (unpaired) electrons. The molecule has 7 nitrogen and oxygen atoms in total. The van der Waals surface area contributed by atoms with Crippen LogP contribution in [0.4, 0.5) is 9.93 Å². The van der Waals surface area contributed by atoms with E-state index in [-0.39, 0.29) is 31.4 Å². The molecule has 2 heterocycles. The normalized spacial score (nSPS) is 14.4. The molecule has 0 saturated heterocycles. The van der Waals surface area contributed by atoms with E-state index in [1.54, 1.807) is 6.07 Å². The number of rotatable bonds is 4. The van der Waals surface area contributed by atoms with Gasteiger partial charge in [0.25, 0.3) is 0 Å². The van der Waals surface area contributed by atoms with Gasteiger partial charge in [-0.1, -0.05) is 25.2 Å². The Kier molecular flexibility index (Phi) is 4.04. The summed E-state index contributed by atoms with van der Waals surface area (Å²) >= 11 is 1.35. The van der Waals surface area contributed by atoms with E-state index in [0.717, 1.165) is 10.2 Å². The van der Waals surface area contributed by atoms with E-state index in [1.807, 2.05) is 19.9 Å². The zero-order valence-electron chi connectivity index (χ0n) is 12.3. The number of benzene rings is 1. The number of fused-ring (bicyclic) bond motifs is 2. The molecule has 1 aromatic carbocycles. The molecule has 3 N–H and O–H groups in total. The molecule has 0 spiro atoms. The van der Waals surface area contributed by atoms with Crippen molar-refractivity contribution >= 4 is 32.7 Å². The summed E-state index contributed by atoms with van der Waals surface area (Å²) < 4.78 is 11.5. The topological polar surface area (TPSA) is 92.7 Å². The van der Waals surface area contributed by atoms with Gasteiger partial charge in [-0.15, -0.1) is 0 Å². The van der Waals surface area contributed by atoms with Crippen LogP contribution in [0.2, 0.25) is 0 Å². The van der Waals surface area contributed by atoms with Crippen LogP contribution < -0.4 is 20.1 Å². The summed E-state index contributed by atoms with van der Waals surface area (Å²) in [5, 5.41) is 15.1. The first-order chi connectivity index (χ1) is 10.6. The lowest BCUT2D eigenvalue weighted by Gasteiger charge is -2.19. The van der Waals surface area contributed by atoms with Crippen LogP contribution in [-0.2, 0) is 0 Å². The highest BCUT2D eigenvalue weighted by Gasteiger charge is 2.18.